The average molecular weight is 525 g/mol. The Hall–Kier alpha value is -3.04. The van der Waals surface area contributed by atoms with Crippen LogP contribution in [-0.4, -0.2) is 41.6 Å². The van der Waals surface area contributed by atoms with Gasteiger partial charge in [0.2, 0.25) is 0 Å². The second-order valence-corrected chi connectivity index (χ2v) is 11.4. The monoisotopic (exact) mass is 524 g/mol. The van der Waals surface area contributed by atoms with Crippen LogP contribution < -0.4 is 0 Å². The molecule has 0 unspecified atom stereocenters. The summed E-state index contributed by atoms with van der Waals surface area (Å²) in [6.07, 6.45) is 5.09. The fourth-order valence-electron chi connectivity index (χ4n) is 5.27. The van der Waals surface area contributed by atoms with Crippen molar-refractivity contribution >= 4 is 17.8 Å². The maximum absolute atomic E-state index is 12.4. The lowest BCUT2D eigenvalue weighted by molar-refractivity contribution is -0.155. The number of benzene rings is 1. The summed E-state index contributed by atoms with van der Waals surface area (Å²) >= 11 is 6.36. The Bertz CT molecular complexity index is 1310. The predicted molar refractivity (Wildman–Crippen MR) is 138 cm³/mol. The Kier molecular flexibility index (Phi) is 6.93. The number of hydrogen-bond acceptors (Lipinski definition) is 8. The zero-order chi connectivity index (χ0) is 26.3. The van der Waals surface area contributed by atoms with Gasteiger partial charge in [-0.15, -0.1) is 15.3 Å². The standard InChI is InChI=1S/C27H33ClN6O3/c1-16-13-29-17(2)24(30-16)18-6-8-19(9-7-18)25-32-31-23-15-33(37-26(35)36-27(3,4)5)14-20-12-21(28)10-11-22(20)34(23)25/h10-13,18-19H,6-9,14-15H2,1-5H3/t18-,19-. The van der Waals surface area contributed by atoms with Crippen molar-refractivity contribution in [3.8, 4) is 5.69 Å². The van der Waals surface area contributed by atoms with Crippen molar-refractivity contribution in [1.29, 1.82) is 0 Å². The highest BCUT2D eigenvalue weighted by atomic mass is 35.5. The number of fused-ring (bicyclic) bond motifs is 3. The first-order valence-electron chi connectivity index (χ1n) is 12.8. The molecule has 5 rings (SSSR count). The summed E-state index contributed by atoms with van der Waals surface area (Å²) in [5.74, 6) is 2.31. The quantitative estimate of drug-likeness (QED) is 0.388. The highest BCUT2D eigenvalue weighted by Crippen LogP contribution is 2.41. The number of ether oxygens (including phenoxy) is 1. The van der Waals surface area contributed by atoms with E-state index in [0.717, 1.165) is 59.8 Å². The summed E-state index contributed by atoms with van der Waals surface area (Å²) in [7, 11) is 0. The first kappa shape index (κ1) is 25.6. The van der Waals surface area contributed by atoms with E-state index in [9.17, 15) is 4.79 Å². The number of rotatable bonds is 3. The molecule has 2 aromatic heterocycles. The van der Waals surface area contributed by atoms with E-state index in [0.29, 0.717) is 23.3 Å². The summed E-state index contributed by atoms with van der Waals surface area (Å²) in [5, 5.41) is 11.3. The fourth-order valence-corrected chi connectivity index (χ4v) is 5.46. The van der Waals surface area contributed by atoms with E-state index in [1.54, 1.807) is 25.8 Å². The van der Waals surface area contributed by atoms with E-state index in [-0.39, 0.29) is 12.5 Å². The van der Waals surface area contributed by atoms with Crippen LogP contribution in [0.5, 0.6) is 0 Å². The van der Waals surface area contributed by atoms with Crippen LogP contribution in [0.2, 0.25) is 5.02 Å². The third-order valence-electron chi connectivity index (χ3n) is 6.89. The van der Waals surface area contributed by atoms with Crippen LogP contribution in [0.25, 0.3) is 5.69 Å². The van der Waals surface area contributed by atoms with Gasteiger partial charge in [-0.25, -0.2) is 4.79 Å². The third kappa shape index (κ3) is 5.62. The highest BCUT2D eigenvalue weighted by molar-refractivity contribution is 6.30. The Morgan fingerprint density at radius 3 is 2.51 bits per heavy atom. The van der Waals surface area contributed by atoms with Gasteiger partial charge < -0.3 is 9.57 Å². The number of aryl methyl sites for hydroxylation is 2. The first-order valence-corrected chi connectivity index (χ1v) is 13.1. The molecule has 0 N–H and O–H groups in total. The molecule has 1 fully saturated rings. The van der Waals surface area contributed by atoms with E-state index in [1.165, 1.54) is 0 Å². The van der Waals surface area contributed by atoms with E-state index in [4.69, 9.17) is 26.2 Å². The molecule has 1 aliphatic heterocycles. The molecule has 0 atom stereocenters. The van der Waals surface area contributed by atoms with Crippen molar-refractivity contribution in [2.24, 2.45) is 0 Å². The number of carbonyl (C=O) groups is 1. The molecule has 0 bridgehead atoms. The molecule has 37 heavy (non-hydrogen) atoms. The van der Waals surface area contributed by atoms with Crippen molar-refractivity contribution in [2.75, 3.05) is 0 Å². The van der Waals surface area contributed by atoms with Gasteiger partial charge in [-0.2, -0.15) is 0 Å². The zero-order valence-corrected chi connectivity index (χ0v) is 22.7. The molecule has 1 aromatic carbocycles. The summed E-state index contributed by atoms with van der Waals surface area (Å²) in [5.41, 5.74) is 4.32. The van der Waals surface area contributed by atoms with E-state index in [1.807, 2.05) is 38.2 Å². The Morgan fingerprint density at radius 1 is 1.05 bits per heavy atom. The van der Waals surface area contributed by atoms with Crippen molar-refractivity contribution in [1.82, 2.24) is 29.8 Å². The lowest BCUT2D eigenvalue weighted by Crippen LogP contribution is -2.31. The molecular weight excluding hydrogens is 492 g/mol. The number of aromatic nitrogens is 5. The molecule has 196 valence electrons. The molecule has 10 heteroatoms. The van der Waals surface area contributed by atoms with Gasteiger partial charge in [-0.1, -0.05) is 11.6 Å². The van der Waals surface area contributed by atoms with E-state index < -0.39 is 11.8 Å². The second-order valence-electron chi connectivity index (χ2n) is 11.0. The zero-order valence-electron chi connectivity index (χ0n) is 22.0. The minimum absolute atomic E-state index is 0.262. The molecule has 1 aliphatic carbocycles. The molecule has 0 spiro atoms. The number of nitrogens with zero attached hydrogens (tertiary/aromatic N) is 6. The van der Waals surface area contributed by atoms with Crippen molar-refractivity contribution in [3.63, 3.8) is 0 Å². The first-order chi connectivity index (χ1) is 17.6. The molecule has 2 aliphatic rings. The van der Waals surface area contributed by atoms with Crippen LogP contribution >= 0.6 is 11.6 Å². The maximum Gasteiger partial charge on any atom is 0.528 e. The van der Waals surface area contributed by atoms with Crippen molar-refractivity contribution in [2.45, 2.75) is 90.8 Å². The number of hydrogen-bond donors (Lipinski definition) is 0. The summed E-state index contributed by atoms with van der Waals surface area (Å²) in [6.45, 7) is 10.1. The Labute approximate surface area is 222 Å². The molecule has 1 saturated carbocycles. The SMILES string of the molecule is Cc1cnc(C)c([C@H]2CC[C@H](c3nnc4n3-c3ccc(Cl)cc3CN(OC(=O)OC(C)(C)C)C4)CC2)n1. The summed E-state index contributed by atoms with van der Waals surface area (Å²) in [4.78, 5) is 27.3. The largest absolute Gasteiger partial charge is 0.528 e. The number of hydroxylamine groups is 2. The minimum Gasteiger partial charge on any atom is -0.427 e. The topological polar surface area (TPSA) is 95.3 Å². The highest BCUT2D eigenvalue weighted by Gasteiger charge is 2.33. The predicted octanol–water partition coefficient (Wildman–Crippen LogP) is 5.95. The van der Waals surface area contributed by atoms with Crippen LogP contribution in [-0.2, 0) is 22.7 Å². The van der Waals surface area contributed by atoms with E-state index in [2.05, 4.69) is 19.7 Å². The second kappa shape index (κ2) is 10.0. The number of carbonyl (C=O) groups excluding carboxylic acids is 1. The lowest BCUT2D eigenvalue weighted by Gasteiger charge is -2.28. The van der Waals surface area contributed by atoms with Gasteiger partial charge in [-0.3, -0.25) is 14.5 Å². The minimum atomic E-state index is -0.753. The molecule has 0 saturated heterocycles. The van der Waals surface area contributed by atoms with Crippen LogP contribution in [0.4, 0.5) is 4.79 Å². The fraction of sp³-hybridized carbons (Fsp3) is 0.519. The third-order valence-corrected chi connectivity index (χ3v) is 7.12. The maximum atomic E-state index is 12.4. The van der Waals surface area contributed by atoms with Gasteiger partial charge in [0.25, 0.3) is 0 Å². The van der Waals surface area contributed by atoms with Gasteiger partial charge in [0, 0.05) is 23.1 Å². The molecular formula is C27H33ClN6O3. The lowest BCUT2D eigenvalue weighted by atomic mass is 9.79. The normalized spacial score (nSPS) is 20.1. The Morgan fingerprint density at radius 2 is 1.78 bits per heavy atom. The van der Waals surface area contributed by atoms with Crippen LogP contribution in [0.15, 0.2) is 24.4 Å². The molecule has 0 radical (unpaired) electrons. The van der Waals surface area contributed by atoms with Gasteiger partial charge in [-0.05, 0) is 84.1 Å². The van der Waals surface area contributed by atoms with Crippen LogP contribution in [0, 0.1) is 13.8 Å². The van der Waals surface area contributed by atoms with Gasteiger partial charge in [0.1, 0.15) is 11.4 Å². The van der Waals surface area contributed by atoms with Gasteiger partial charge >= 0.3 is 6.16 Å². The van der Waals surface area contributed by atoms with Crippen molar-refractivity contribution in [3.05, 3.63) is 63.7 Å². The van der Waals surface area contributed by atoms with Gasteiger partial charge in [0.15, 0.2) is 5.82 Å². The Balaban J connectivity index is 1.40. The van der Waals surface area contributed by atoms with E-state index >= 15 is 0 Å². The molecule has 3 aromatic rings. The van der Waals surface area contributed by atoms with Crippen LogP contribution in [0.1, 0.15) is 92.6 Å². The van der Waals surface area contributed by atoms with Crippen molar-refractivity contribution < 1.29 is 14.4 Å². The smallest absolute Gasteiger partial charge is 0.427 e. The summed E-state index contributed by atoms with van der Waals surface area (Å²) in [6, 6.07) is 5.76. The molecule has 0 amide bonds. The van der Waals surface area contributed by atoms with Gasteiger partial charge in [0.05, 0.1) is 35.9 Å². The number of halogens is 1. The molecule has 3 heterocycles. The molecule has 9 nitrogen and oxygen atoms in total. The average Bonchev–Trinajstić information content (AvgIpc) is 3.16. The summed E-state index contributed by atoms with van der Waals surface area (Å²) < 4.78 is 7.48. The van der Waals surface area contributed by atoms with Crippen LogP contribution in [0.3, 0.4) is 0 Å².